The van der Waals surface area contributed by atoms with Crippen LogP contribution in [0, 0.1) is 0 Å². The van der Waals surface area contributed by atoms with Gasteiger partial charge in [0.1, 0.15) is 12.0 Å². The van der Waals surface area contributed by atoms with Crippen LogP contribution in [0.1, 0.15) is 27.2 Å². The molecular formula is C27H23NO3. The Morgan fingerprint density at radius 3 is 2.35 bits per heavy atom. The maximum Gasteiger partial charge on any atom is 0.166 e. The molecule has 0 N–H and O–H groups in total. The molecule has 5 rings (SSSR count). The molecule has 0 aliphatic heterocycles. The summed E-state index contributed by atoms with van der Waals surface area (Å²) in [5.74, 6) is 0.835. The van der Waals surface area contributed by atoms with Gasteiger partial charge in [-0.05, 0) is 52.6 Å². The number of aromatic nitrogens is 1. The van der Waals surface area contributed by atoms with Gasteiger partial charge < -0.3 is 9.30 Å². The smallest absolute Gasteiger partial charge is 0.166 e. The van der Waals surface area contributed by atoms with Gasteiger partial charge in [-0.25, -0.2) is 0 Å². The number of para-hydroxylation sites is 1. The summed E-state index contributed by atoms with van der Waals surface area (Å²) in [6.07, 6.45) is 4.59. The monoisotopic (exact) mass is 409 g/mol. The van der Waals surface area contributed by atoms with Crippen molar-refractivity contribution in [3.8, 4) is 5.75 Å². The maximum atomic E-state index is 11.2. The first-order valence-electron chi connectivity index (χ1n) is 10.1. The Morgan fingerprint density at radius 1 is 0.903 bits per heavy atom. The Kier molecular flexibility index (Phi) is 6.08. The zero-order valence-electron chi connectivity index (χ0n) is 17.3. The van der Waals surface area contributed by atoms with Gasteiger partial charge in [0, 0.05) is 23.9 Å². The highest BCUT2D eigenvalue weighted by atomic mass is 16.5. The van der Waals surface area contributed by atoms with Crippen molar-refractivity contribution in [3.63, 3.8) is 0 Å². The molecule has 0 fully saturated rings. The molecule has 1 aliphatic rings. The number of hydrogen-bond donors (Lipinski definition) is 0. The Balaban J connectivity index is 0.000000177. The second-order valence-electron chi connectivity index (χ2n) is 7.39. The van der Waals surface area contributed by atoms with Crippen LogP contribution in [0.5, 0.6) is 5.75 Å². The van der Waals surface area contributed by atoms with Gasteiger partial charge in [0.15, 0.2) is 6.29 Å². The standard InChI is InChI=1S/C17H15NO2.C10H8O/c1-20-16-8-6-13(7-9-16)11-18-15(12-19)10-14-4-2-3-5-17(14)18;11-7-8-5-9-3-1-2-4-10(9)6-8/h2-10,12H,11H2,1H3;1-5,7H,6H2. The SMILES string of the molecule is COc1ccc(Cn2c(C=O)cc3ccccc32)cc1.O=CC1=Cc2ccccc2C1. The van der Waals surface area contributed by atoms with Crippen LogP contribution < -0.4 is 4.74 Å². The van der Waals surface area contributed by atoms with Gasteiger partial charge in [0.25, 0.3) is 0 Å². The lowest BCUT2D eigenvalue weighted by Crippen LogP contribution is -2.03. The first kappa shape index (κ1) is 20.4. The number of benzene rings is 3. The normalized spacial score (nSPS) is 11.8. The fraction of sp³-hybridized carbons (Fsp3) is 0.111. The molecular weight excluding hydrogens is 386 g/mol. The van der Waals surface area contributed by atoms with E-state index in [1.165, 1.54) is 11.1 Å². The van der Waals surface area contributed by atoms with Crippen LogP contribution >= 0.6 is 0 Å². The number of hydrogen-bond acceptors (Lipinski definition) is 3. The van der Waals surface area contributed by atoms with Crippen molar-refractivity contribution in [1.82, 2.24) is 4.57 Å². The molecule has 0 saturated carbocycles. The van der Waals surface area contributed by atoms with E-state index in [0.717, 1.165) is 46.8 Å². The Morgan fingerprint density at radius 2 is 1.65 bits per heavy atom. The van der Waals surface area contributed by atoms with Crippen LogP contribution in [0.2, 0.25) is 0 Å². The van der Waals surface area contributed by atoms with Crippen LogP contribution in [0.15, 0.2) is 84.4 Å². The van der Waals surface area contributed by atoms with E-state index in [-0.39, 0.29) is 0 Å². The molecule has 0 unspecified atom stereocenters. The van der Waals surface area contributed by atoms with Crippen LogP contribution in [0.3, 0.4) is 0 Å². The lowest BCUT2D eigenvalue weighted by molar-refractivity contribution is -0.104. The predicted molar refractivity (Wildman–Crippen MR) is 124 cm³/mol. The molecule has 0 saturated heterocycles. The highest BCUT2D eigenvalue weighted by molar-refractivity contribution is 5.89. The van der Waals surface area contributed by atoms with Gasteiger partial charge in [0.05, 0.1) is 12.8 Å². The lowest BCUT2D eigenvalue weighted by atomic mass is 10.1. The third kappa shape index (κ3) is 4.48. The zero-order valence-corrected chi connectivity index (χ0v) is 17.3. The summed E-state index contributed by atoms with van der Waals surface area (Å²) in [6, 6.07) is 25.9. The van der Waals surface area contributed by atoms with Crippen molar-refractivity contribution in [3.05, 3.63) is 107 Å². The fourth-order valence-corrected chi connectivity index (χ4v) is 3.80. The third-order valence-corrected chi connectivity index (χ3v) is 5.41. The lowest BCUT2D eigenvalue weighted by Gasteiger charge is -2.08. The van der Waals surface area contributed by atoms with Crippen molar-refractivity contribution in [2.75, 3.05) is 7.11 Å². The number of allylic oxidation sites excluding steroid dienone is 1. The van der Waals surface area contributed by atoms with Crippen molar-refractivity contribution in [2.24, 2.45) is 0 Å². The molecule has 4 heteroatoms. The van der Waals surface area contributed by atoms with E-state index in [4.69, 9.17) is 4.74 Å². The molecule has 3 aromatic carbocycles. The molecule has 4 aromatic rings. The number of ether oxygens (including phenoxy) is 1. The van der Waals surface area contributed by atoms with Gasteiger partial charge >= 0.3 is 0 Å². The van der Waals surface area contributed by atoms with E-state index in [9.17, 15) is 9.59 Å². The Bertz CT molecular complexity index is 1250. The first-order valence-corrected chi connectivity index (χ1v) is 10.1. The Hall–Kier alpha value is -3.92. The number of carbonyl (C=O) groups is 2. The number of methoxy groups -OCH3 is 1. The van der Waals surface area contributed by atoms with Gasteiger partial charge in [-0.1, -0.05) is 54.6 Å². The fourth-order valence-electron chi connectivity index (χ4n) is 3.80. The summed E-state index contributed by atoms with van der Waals surface area (Å²) in [5.41, 5.74) is 6.23. The molecule has 0 amide bonds. The van der Waals surface area contributed by atoms with Crippen molar-refractivity contribution < 1.29 is 14.3 Å². The van der Waals surface area contributed by atoms with E-state index < -0.39 is 0 Å². The first-order chi connectivity index (χ1) is 15.2. The summed E-state index contributed by atoms with van der Waals surface area (Å²) in [6.45, 7) is 0.672. The number of fused-ring (bicyclic) bond motifs is 2. The number of aldehydes is 2. The molecule has 0 spiro atoms. The van der Waals surface area contributed by atoms with E-state index in [2.05, 4.69) is 6.07 Å². The molecule has 0 bridgehead atoms. The van der Waals surface area contributed by atoms with Gasteiger partial charge in [-0.3, -0.25) is 9.59 Å². The van der Waals surface area contributed by atoms with Crippen molar-refractivity contribution >= 4 is 29.6 Å². The molecule has 4 nitrogen and oxygen atoms in total. The quantitative estimate of drug-likeness (QED) is 0.418. The van der Waals surface area contributed by atoms with Crippen LogP contribution in [0.25, 0.3) is 17.0 Å². The summed E-state index contributed by atoms with van der Waals surface area (Å²) in [4.78, 5) is 21.7. The molecule has 31 heavy (non-hydrogen) atoms. The molecule has 1 heterocycles. The summed E-state index contributed by atoms with van der Waals surface area (Å²) < 4.78 is 7.19. The number of nitrogens with zero attached hydrogens (tertiary/aromatic N) is 1. The van der Waals surface area contributed by atoms with Gasteiger partial charge in [0.2, 0.25) is 0 Å². The topological polar surface area (TPSA) is 48.3 Å². The average molecular weight is 409 g/mol. The average Bonchev–Trinajstić information content (AvgIpc) is 3.41. The second kappa shape index (κ2) is 9.26. The van der Waals surface area contributed by atoms with Gasteiger partial charge in [-0.15, -0.1) is 0 Å². The largest absolute Gasteiger partial charge is 0.497 e. The maximum absolute atomic E-state index is 11.2. The van der Waals surface area contributed by atoms with E-state index >= 15 is 0 Å². The molecule has 0 radical (unpaired) electrons. The highest BCUT2D eigenvalue weighted by Gasteiger charge is 2.10. The Labute approximate surface area is 181 Å². The van der Waals surface area contributed by atoms with E-state index in [1.54, 1.807) is 7.11 Å². The van der Waals surface area contributed by atoms with E-state index in [0.29, 0.717) is 12.2 Å². The summed E-state index contributed by atoms with van der Waals surface area (Å²) in [7, 11) is 1.65. The van der Waals surface area contributed by atoms with Crippen LogP contribution in [0.4, 0.5) is 0 Å². The minimum Gasteiger partial charge on any atom is -0.497 e. The zero-order chi connectivity index (χ0) is 21.6. The number of rotatable bonds is 5. The summed E-state index contributed by atoms with van der Waals surface area (Å²) >= 11 is 0. The minimum absolute atomic E-state index is 0.672. The van der Waals surface area contributed by atoms with Gasteiger partial charge in [-0.2, -0.15) is 0 Å². The van der Waals surface area contributed by atoms with Crippen molar-refractivity contribution in [1.29, 1.82) is 0 Å². The third-order valence-electron chi connectivity index (χ3n) is 5.41. The minimum atomic E-state index is 0.672. The van der Waals surface area contributed by atoms with Crippen LogP contribution in [-0.2, 0) is 17.8 Å². The number of carbonyl (C=O) groups excluding carboxylic acids is 2. The molecule has 0 atom stereocenters. The predicted octanol–water partition coefficient (Wildman–Crippen LogP) is 5.34. The molecule has 1 aromatic heterocycles. The van der Waals surface area contributed by atoms with E-state index in [1.807, 2.05) is 83.4 Å². The highest BCUT2D eigenvalue weighted by Crippen LogP contribution is 2.23. The summed E-state index contributed by atoms with van der Waals surface area (Å²) in [5, 5.41) is 1.09. The molecule has 1 aliphatic carbocycles. The van der Waals surface area contributed by atoms with Crippen molar-refractivity contribution in [2.45, 2.75) is 13.0 Å². The second-order valence-corrected chi connectivity index (χ2v) is 7.39. The van der Waals surface area contributed by atoms with Crippen LogP contribution in [-0.4, -0.2) is 24.2 Å². The molecule has 154 valence electrons.